The average molecular weight is 356 g/mol. The zero-order valence-corrected chi connectivity index (χ0v) is 14.0. The van der Waals surface area contributed by atoms with E-state index in [1.54, 1.807) is 7.05 Å². The van der Waals surface area contributed by atoms with E-state index in [-0.39, 0.29) is 19.0 Å². The topological polar surface area (TPSA) is 65.0 Å². The summed E-state index contributed by atoms with van der Waals surface area (Å²) in [5, 5.41) is 3.25. The highest BCUT2D eigenvalue weighted by Gasteiger charge is 2.50. The van der Waals surface area contributed by atoms with E-state index in [0.717, 1.165) is 31.9 Å². The molecule has 2 aliphatic rings. The Balaban J connectivity index is 1.81. The van der Waals surface area contributed by atoms with Gasteiger partial charge < -0.3 is 10.2 Å². The highest BCUT2D eigenvalue weighted by atomic mass is 32.2. The van der Waals surface area contributed by atoms with Crippen LogP contribution in [0.4, 0.5) is 13.2 Å². The van der Waals surface area contributed by atoms with Gasteiger partial charge in [-0.25, -0.2) is 8.42 Å². The van der Waals surface area contributed by atoms with Crippen LogP contribution in [0.1, 0.15) is 25.7 Å². The molecule has 10 heteroatoms. The summed E-state index contributed by atoms with van der Waals surface area (Å²) in [4.78, 5) is 6.37. The molecule has 0 bridgehead atoms. The van der Waals surface area contributed by atoms with Crippen LogP contribution in [-0.2, 0) is 10.0 Å². The summed E-state index contributed by atoms with van der Waals surface area (Å²) in [6.45, 7) is 2.35. The maximum atomic E-state index is 12.5. The molecule has 2 saturated heterocycles. The number of nitrogens with one attached hydrogen (secondary N) is 1. The Hall–Kier alpha value is -1.03. The number of alkyl halides is 3. The molecule has 0 aromatic heterocycles. The third-order valence-electron chi connectivity index (χ3n) is 4.37. The number of guanidine groups is 1. The molecule has 2 heterocycles. The lowest BCUT2D eigenvalue weighted by molar-refractivity contribution is -0.0496. The van der Waals surface area contributed by atoms with Gasteiger partial charge in [0.2, 0.25) is 0 Å². The molecule has 2 aliphatic heterocycles. The van der Waals surface area contributed by atoms with Crippen LogP contribution in [0, 0.1) is 5.92 Å². The van der Waals surface area contributed by atoms with E-state index in [9.17, 15) is 21.6 Å². The molecular weight excluding hydrogens is 333 g/mol. The summed E-state index contributed by atoms with van der Waals surface area (Å²) in [6.07, 6.45) is 3.10. The number of sulfonamides is 1. The largest absolute Gasteiger partial charge is 0.511 e. The molecule has 2 fully saturated rings. The van der Waals surface area contributed by atoms with Gasteiger partial charge in [0.25, 0.3) is 0 Å². The maximum absolute atomic E-state index is 12.5. The van der Waals surface area contributed by atoms with E-state index in [0.29, 0.717) is 23.7 Å². The molecule has 23 heavy (non-hydrogen) atoms. The Labute approximate surface area is 134 Å². The number of hydrogen-bond donors (Lipinski definition) is 1. The first-order valence-corrected chi connectivity index (χ1v) is 9.21. The first kappa shape index (κ1) is 18.3. The number of aliphatic imine (C=N–C) groups is 1. The van der Waals surface area contributed by atoms with Crippen LogP contribution in [0.15, 0.2) is 4.99 Å². The van der Waals surface area contributed by atoms with Gasteiger partial charge in [-0.2, -0.15) is 17.5 Å². The predicted molar refractivity (Wildman–Crippen MR) is 81.4 cm³/mol. The van der Waals surface area contributed by atoms with Crippen molar-refractivity contribution in [2.24, 2.45) is 10.9 Å². The van der Waals surface area contributed by atoms with Crippen LogP contribution < -0.4 is 5.32 Å². The molecular formula is C13H23F3N4O2S. The minimum absolute atomic E-state index is 0.0868. The number of hydrogen-bond acceptors (Lipinski definition) is 3. The van der Waals surface area contributed by atoms with Gasteiger partial charge in [0.15, 0.2) is 5.96 Å². The van der Waals surface area contributed by atoms with Crippen molar-refractivity contribution in [1.82, 2.24) is 14.5 Å². The van der Waals surface area contributed by atoms with Gasteiger partial charge in [-0.3, -0.25) is 4.99 Å². The maximum Gasteiger partial charge on any atom is 0.511 e. The molecule has 0 atom stereocenters. The zero-order valence-electron chi connectivity index (χ0n) is 13.1. The molecule has 2 rings (SSSR count). The fourth-order valence-corrected chi connectivity index (χ4v) is 3.98. The van der Waals surface area contributed by atoms with Crippen LogP contribution in [0.5, 0.6) is 0 Å². The van der Waals surface area contributed by atoms with E-state index in [4.69, 9.17) is 0 Å². The summed E-state index contributed by atoms with van der Waals surface area (Å²) in [5.74, 6) is 0.960. The highest BCUT2D eigenvalue weighted by Crippen LogP contribution is 2.30. The quantitative estimate of drug-likeness (QED) is 0.610. The van der Waals surface area contributed by atoms with Crippen molar-refractivity contribution in [2.45, 2.75) is 31.2 Å². The Morgan fingerprint density at radius 2 is 1.74 bits per heavy atom. The molecule has 6 nitrogen and oxygen atoms in total. The van der Waals surface area contributed by atoms with Crippen molar-refractivity contribution in [2.75, 3.05) is 39.8 Å². The Bertz CT molecular complexity index is 522. The van der Waals surface area contributed by atoms with Gasteiger partial charge in [0.1, 0.15) is 0 Å². The zero-order chi connectivity index (χ0) is 17.1. The lowest BCUT2D eigenvalue weighted by Crippen LogP contribution is -2.47. The first-order chi connectivity index (χ1) is 10.8. The molecule has 1 N–H and O–H groups in total. The van der Waals surface area contributed by atoms with Crippen molar-refractivity contribution in [3.05, 3.63) is 0 Å². The molecule has 0 radical (unpaired) electrons. The lowest BCUT2D eigenvalue weighted by Gasteiger charge is -2.32. The smallest absolute Gasteiger partial charge is 0.356 e. The molecule has 0 amide bonds. The summed E-state index contributed by atoms with van der Waals surface area (Å²) >= 11 is 0. The molecule has 0 spiro atoms. The van der Waals surface area contributed by atoms with Crippen molar-refractivity contribution >= 4 is 16.0 Å². The SMILES string of the molecule is CN=C(NCC1CCN(S(=O)(=O)C(F)(F)F)CC1)N1CCCC1. The number of likely N-dealkylation sites (tertiary alicyclic amines) is 1. The molecule has 0 unspecified atom stereocenters. The highest BCUT2D eigenvalue weighted by molar-refractivity contribution is 7.90. The first-order valence-electron chi connectivity index (χ1n) is 7.77. The number of piperidine rings is 1. The second-order valence-corrected chi connectivity index (χ2v) is 7.84. The van der Waals surface area contributed by atoms with E-state index < -0.39 is 15.5 Å². The lowest BCUT2D eigenvalue weighted by atomic mass is 9.98. The van der Waals surface area contributed by atoms with Crippen molar-refractivity contribution in [3.63, 3.8) is 0 Å². The van der Waals surface area contributed by atoms with Crippen LogP contribution in [0.2, 0.25) is 0 Å². The average Bonchev–Trinajstić information content (AvgIpc) is 3.01. The molecule has 134 valence electrons. The number of halogens is 3. The van der Waals surface area contributed by atoms with Crippen LogP contribution >= 0.6 is 0 Å². The second-order valence-electron chi connectivity index (χ2n) is 5.92. The molecule has 0 aromatic carbocycles. The summed E-state index contributed by atoms with van der Waals surface area (Å²) in [6, 6.07) is 0. The molecule has 0 aromatic rings. The van der Waals surface area contributed by atoms with Gasteiger partial charge in [0.05, 0.1) is 0 Å². The Morgan fingerprint density at radius 3 is 2.22 bits per heavy atom. The number of nitrogens with zero attached hydrogens (tertiary/aromatic N) is 3. The summed E-state index contributed by atoms with van der Waals surface area (Å²) < 4.78 is 60.8. The Kier molecular flexibility index (Phi) is 5.77. The van der Waals surface area contributed by atoms with E-state index >= 15 is 0 Å². The predicted octanol–water partition coefficient (Wildman–Crippen LogP) is 1.22. The van der Waals surface area contributed by atoms with Gasteiger partial charge in [-0.15, -0.1) is 0 Å². The van der Waals surface area contributed by atoms with Gasteiger partial charge >= 0.3 is 15.5 Å². The normalized spacial score (nSPS) is 22.6. The minimum atomic E-state index is -5.21. The summed E-state index contributed by atoms with van der Waals surface area (Å²) in [5.41, 5.74) is -5.21. The minimum Gasteiger partial charge on any atom is -0.356 e. The fraction of sp³-hybridized carbons (Fsp3) is 0.923. The molecule has 0 saturated carbocycles. The fourth-order valence-electron chi connectivity index (χ4n) is 3.00. The van der Waals surface area contributed by atoms with E-state index in [2.05, 4.69) is 15.2 Å². The Morgan fingerprint density at radius 1 is 1.17 bits per heavy atom. The second kappa shape index (κ2) is 7.25. The summed E-state index contributed by atoms with van der Waals surface area (Å²) in [7, 11) is -3.48. The van der Waals surface area contributed by atoms with Crippen molar-refractivity contribution in [3.8, 4) is 0 Å². The third-order valence-corrected chi connectivity index (χ3v) is 6.00. The third kappa shape index (κ3) is 4.28. The van der Waals surface area contributed by atoms with Crippen LogP contribution in [0.25, 0.3) is 0 Å². The number of rotatable bonds is 3. The van der Waals surface area contributed by atoms with Gasteiger partial charge in [-0.1, -0.05) is 0 Å². The van der Waals surface area contributed by atoms with Crippen LogP contribution in [0.3, 0.4) is 0 Å². The van der Waals surface area contributed by atoms with Crippen LogP contribution in [-0.4, -0.2) is 68.9 Å². The van der Waals surface area contributed by atoms with Gasteiger partial charge in [-0.05, 0) is 31.6 Å². The monoisotopic (exact) mass is 356 g/mol. The van der Waals surface area contributed by atoms with Crippen molar-refractivity contribution in [1.29, 1.82) is 0 Å². The standard InChI is InChI=1S/C13H23F3N4O2S/c1-17-12(19-6-2-3-7-19)18-10-11-4-8-20(9-5-11)23(21,22)13(14,15)16/h11H,2-10H2,1H3,(H,17,18). The molecule has 0 aliphatic carbocycles. The van der Waals surface area contributed by atoms with Gasteiger partial charge in [0, 0.05) is 39.8 Å². The van der Waals surface area contributed by atoms with E-state index in [1.807, 2.05) is 0 Å². The van der Waals surface area contributed by atoms with E-state index in [1.165, 1.54) is 0 Å². The van der Waals surface area contributed by atoms with Crippen molar-refractivity contribution < 1.29 is 21.6 Å².